The van der Waals surface area contributed by atoms with Crippen LogP contribution in [0.5, 0.6) is 0 Å². The molecule has 0 aliphatic carbocycles. The highest BCUT2D eigenvalue weighted by molar-refractivity contribution is 5.82. The third kappa shape index (κ3) is 4.50. The maximum Gasteiger partial charge on any atom is 0.161 e. The van der Waals surface area contributed by atoms with Crippen molar-refractivity contribution in [3.8, 4) is 0 Å². The lowest BCUT2D eigenvalue weighted by Crippen LogP contribution is -2.23. The SMILES string of the molecule is CCCCC(=O)C(CC)OCC. The first-order chi connectivity index (χ1) is 5.76. The highest BCUT2D eigenvalue weighted by atomic mass is 16.5. The van der Waals surface area contributed by atoms with Gasteiger partial charge in [0, 0.05) is 13.0 Å². The Balaban J connectivity index is 3.69. The number of carbonyl (C=O) groups excluding carboxylic acids is 1. The van der Waals surface area contributed by atoms with Gasteiger partial charge in [-0.1, -0.05) is 20.3 Å². The molecule has 12 heavy (non-hydrogen) atoms. The molecule has 0 radical (unpaired) electrons. The van der Waals surface area contributed by atoms with Gasteiger partial charge in [-0.2, -0.15) is 0 Å². The van der Waals surface area contributed by atoms with Crippen LogP contribution in [0.15, 0.2) is 0 Å². The summed E-state index contributed by atoms with van der Waals surface area (Å²) in [4.78, 5) is 11.4. The molecule has 0 heterocycles. The molecule has 0 saturated heterocycles. The van der Waals surface area contributed by atoms with E-state index in [-0.39, 0.29) is 11.9 Å². The number of ketones is 1. The number of rotatable bonds is 7. The molecule has 2 heteroatoms. The number of hydrogen-bond acceptors (Lipinski definition) is 2. The van der Waals surface area contributed by atoms with Crippen molar-refractivity contribution in [2.75, 3.05) is 6.61 Å². The molecular formula is C10H20O2. The highest BCUT2D eigenvalue weighted by Gasteiger charge is 2.14. The summed E-state index contributed by atoms with van der Waals surface area (Å²) in [7, 11) is 0. The van der Waals surface area contributed by atoms with Gasteiger partial charge in [-0.3, -0.25) is 4.79 Å². The Labute approximate surface area is 75.3 Å². The predicted molar refractivity (Wildman–Crippen MR) is 50.2 cm³/mol. The fraction of sp³-hybridized carbons (Fsp3) is 0.900. The standard InChI is InChI=1S/C10H20O2/c1-4-7-8-9(11)10(5-2)12-6-3/h10H,4-8H2,1-3H3. The third-order valence-electron chi connectivity index (χ3n) is 1.87. The summed E-state index contributed by atoms with van der Waals surface area (Å²) in [6, 6.07) is 0. The van der Waals surface area contributed by atoms with Crippen LogP contribution < -0.4 is 0 Å². The van der Waals surface area contributed by atoms with Crippen LogP contribution in [0.3, 0.4) is 0 Å². The van der Waals surface area contributed by atoms with Gasteiger partial charge in [0.25, 0.3) is 0 Å². The van der Waals surface area contributed by atoms with E-state index in [0.717, 1.165) is 19.3 Å². The zero-order chi connectivity index (χ0) is 9.40. The molecule has 0 aromatic carbocycles. The normalized spacial score (nSPS) is 12.9. The first-order valence-corrected chi connectivity index (χ1v) is 4.90. The average Bonchev–Trinajstić information content (AvgIpc) is 2.10. The monoisotopic (exact) mass is 172 g/mol. The zero-order valence-corrected chi connectivity index (χ0v) is 8.43. The average molecular weight is 172 g/mol. The van der Waals surface area contributed by atoms with Crippen molar-refractivity contribution in [3.05, 3.63) is 0 Å². The molecule has 0 aromatic rings. The largest absolute Gasteiger partial charge is 0.371 e. The zero-order valence-electron chi connectivity index (χ0n) is 8.43. The summed E-state index contributed by atoms with van der Waals surface area (Å²) in [6.45, 7) is 6.64. The molecule has 0 aromatic heterocycles. The van der Waals surface area contributed by atoms with E-state index < -0.39 is 0 Å². The molecule has 1 unspecified atom stereocenters. The molecule has 0 aliphatic rings. The Morgan fingerprint density at radius 2 is 2.00 bits per heavy atom. The summed E-state index contributed by atoms with van der Waals surface area (Å²) in [5.74, 6) is 0.265. The van der Waals surface area contributed by atoms with Crippen LogP contribution in [0.1, 0.15) is 46.5 Å². The molecule has 0 rings (SSSR count). The van der Waals surface area contributed by atoms with Gasteiger partial charge >= 0.3 is 0 Å². The quantitative estimate of drug-likeness (QED) is 0.590. The molecule has 0 amide bonds. The first-order valence-electron chi connectivity index (χ1n) is 4.90. The minimum absolute atomic E-state index is 0.151. The van der Waals surface area contributed by atoms with Crippen LogP contribution >= 0.6 is 0 Å². The van der Waals surface area contributed by atoms with E-state index in [1.165, 1.54) is 0 Å². The lowest BCUT2D eigenvalue weighted by Gasteiger charge is -2.12. The van der Waals surface area contributed by atoms with E-state index >= 15 is 0 Å². The summed E-state index contributed by atoms with van der Waals surface area (Å²) in [5, 5.41) is 0. The van der Waals surface area contributed by atoms with Crippen molar-refractivity contribution >= 4 is 5.78 Å². The minimum Gasteiger partial charge on any atom is -0.371 e. The fourth-order valence-electron chi connectivity index (χ4n) is 1.15. The van der Waals surface area contributed by atoms with Crippen molar-refractivity contribution in [2.45, 2.75) is 52.6 Å². The van der Waals surface area contributed by atoms with E-state index in [1.54, 1.807) is 0 Å². The Morgan fingerprint density at radius 3 is 2.42 bits per heavy atom. The van der Waals surface area contributed by atoms with Gasteiger partial charge in [-0.25, -0.2) is 0 Å². The van der Waals surface area contributed by atoms with Crippen molar-refractivity contribution in [1.82, 2.24) is 0 Å². The number of unbranched alkanes of at least 4 members (excludes halogenated alkanes) is 1. The lowest BCUT2D eigenvalue weighted by molar-refractivity contribution is -0.130. The molecule has 72 valence electrons. The van der Waals surface area contributed by atoms with Gasteiger partial charge in [-0.05, 0) is 19.8 Å². The van der Waals surface area contributed by atoms with Gasteiger partial charge in [0.2, 0.25) is 0 Å². The number of ether oxygens (including phenoxy) is 1. The van der Waals surface area contributed by atoms with Crippen LogP contribution in [0.4, 0.5) is 0 Å². The minimum atomic E-state index is -0.151. The van der Waals surface area contributed by atoms with Gasteiger partial charge in [-0.15, -0.1) is 0 Å². The van der Waals surface area contributed by atoms with E-state index in [9.17, 15) is 4.79 Å². The Hall–Kier alpha value is -0.370. The molecule has 0 bridgehead atoms. The van der Waals surface area contributed by atoms with E-state index in [4.69, 9.17) is 4.74 Å². The van der Waals surface area contributed by atoms with Crippen LogP contribution in [0.2, 0.25) is 0 Å². The van der Waals surface area contributed by atoms with E-state index in [0.29, 0.717) is 13.0 Å². The van der Waals surface area contributed by atoms with Crippen LogP contribution in [-0.2, 0) is 9.53 Å². The van der Waals surface area contributed by atoms with Gasteiger partial charge < -0.3 is 4.74 Å². The molecule has 0 saturated carbocycles. The first kappa shape index (κ1) is 11.6. The summed E-state index contributed by atoms with van der Waals surface area (Å²) in [6.07, 6.45) is 3.39. The van der Waals surface area contributed by atoms with Crippen LogP contribution in [0.25, 0.3) is 0 Å². The maximum absolute atomic E-state index is 11.4. The lowest BCUT2D eigenvalue weighted by atomic mass is 10.1. The fourth-order valence-corrected chi connectivity index (χ4v) is 1.15. The second kappa shape index (κ2) is 7.29. The topological polar surface area (TPSA) is 26.3 Å². The molecule has 0 N–H and O–H groups in total. The summed E-state index contributed by atoms with van der Waals surface area (Å²) < 4.78 is 5.30. The second-order valence-electron chi connectivity index (χ2n) is 2.92. The third-order valence-corrected chi connectivity index (χ3v) is 1.87. The number of hydrogen-bond donors (Lipinski definition) is 0. The Bertz CT molecular complexity index is 121. The van der Waals surface area contributed by atoms with Crippen LogP contribution in [0, 0.1) is 0 Å². The van der Waals surface area contributed by atoms with Gasteiger partial charge in [0.15, 0.2) is 5.78 Å². The summed E-state index contributed by atoms with van der Waals surface area (Å²) >= 11 is 0. The van der Waals surface area contributed by atoms with Crippen molar-refractivity contribution in [2.24, 2.45) is 0 Å². The predicted octanol–water partition coefficient (Wildman–Crippen LogP) is 2.56. The maximum atomic E-state index is 11.4. The number of carbonyl (C=O) groups is 1. The Morgan fingerprint density at radius 1 is 1.33 bits per heavy atom. The van der Waals surface area contributed by atoms with Crippen molar-refractivity contribution < 1.29 is 9.53 Å². The Kier molecular flexibility index (Phi) is 7.06. The van der Waals surface area contributed by atoms with Gasteiger partial charge in [0.05, 0.1) is 0 Å². The highest BCUT2D eigenvalue weighted by Crippen LogP contribution is 2.05. The van der Waals surface area contributed by atoms with E-state index in [2.05, 4.69) is 6.92 Å². The smallest absolute Gasteiger partial charge is 0.161 e. The van der Waals surface area contributed by atoms with Gasteiger partial charge in [0.1, 0.15) is 6.10 Å². The molecule has 2 nitrogen and oxygen atoms in total. The molecule has 0 fully saturated rings. The number of Topliss-reactive ketones (excluding diaryl/α,β-unsaturated/α-hetero) is 1. The molecule has 0 aliphatic heterocycles. The summed E-state index contributed by atoms with van der Waals surface area (Å²) in [5.41, 5.74) is 0. The van der Waals surface area contributed by atoms with E-state index in [1.807, 2.05) is 13.8 Å². The molecule has 1 atom stereocenters. The van der Waals surface area contributed by atoms with Crippen molar-refractivity contribution in [1.29, 1.82) is 0 Å². The second-order valence-corrected chi connectivity index (χ2v) is 2.92. The molecular weight excluding hydrogens is 152 g/mol. The molecule has 0 spiro atoms. The van der Waals surface area contributed by atoms with Crippen LogP contribution in [-0.4, -0.2) is 18.5 Å². The van der Waals surface area contributed by atoms with Crippen molar-refractivity contribution in [3.63, 3.8) is 0 Å².